The Kier molecular flexibility index (Phi) is 4.97. The highest BCUT2D eigenvalue weighted by atomic mass is 16.4. The van der Waals surface area contributed by atoms with E-state index < -0.39 is 5.97 Å². The Morgan fingerprint density at radius 1 is 1.32 bits per heavy atom. The van der Waals surface area contributed by atoms with E-state index in [0.29, 0.717) is 11.6 Å². The highest BCUT2D eigenvalue weighted by molar-refractivity contribution is 5.87. The molecular weight excluding hydrogens is 238 g/mol. The van der Waals surface area contributed by atoms with Crippen molar-refractivity contribution >= 4 is 5.97 Å². The number of hydrogen-bond donors (Lipinski definition) is 2. The van der Waals surface area contributed by atoms with E-state index in [0.717, 1.165) is 18.0 Å². The van der Waals surface area contributed by atoms with Crippen LogP contribution in [0.4, 0.5) is 0 Å². The monoisotopic (exact) mass is 261 g/mol. The number of hydrogen-bond acceptors (Lipinski definition) is 2. The van der Waals surface area contributed by atoms with Crippen molar-refractivity contribution in [3.63, 3.8) is 0 Å². The molecule has 0 bridgehead atoms. The molecule has 104 valence electrons. The molecule has 1 saturated carbocycles. The lowest BCUT2D eigenvalue weighted by Crippen LogP contribution is -2.27. The van der Waals surface area contributed by atoms with Gasteiger partial charge >= 0.3 is 5.97 Å². The van der Waals surface area contributed by atoms with Crippen LogP contribution in [0.2, 0.25) is 0 Å². The average Bonchev–Trinajstić information content (AvgIpc) is 2.89. The molecule has 0 spiro atoms. The number of carboxylic acid groups (broad SMARTS) is 1. The fraction of sp³-hybridized carbons (Fsp3) is 0.562. The second-order valence-electron chi connectivity index (χ2n) is 5.67. The maximum atomic E-state index is 10.8. The molecule has 19 heavy (non-hydrogen) atoms. The summed E-state index contributed by atoms with van der Waals surface area (Å²) < 4.78 is 0. The summed E-state index contributed by atoms with van der Waals surface area (Å²) >= 11 is 0. The quantitative estimate of drug-likeness (QED) is 0.824. The van der Waals surface area contributed by atoms with Gasteiger partial charge in [0.25, 0.3) is 0 Å². The molecule has 0 radical (unpaired) electrons. The van der Waals surface area contributed by atoms with Gasteiger partial charge in [-0.05, 0) is 37.0 Å². The third-order valence-electron chi connectivity index (χ3n) is 4.02. The molecule has 1 aromatic carbocycles. The Labute approximate surface area is 115 Å². The minimum atomic E-state index is -0.867. The van der Waals surface area contributed by atoms with Gasteiger partial charge in [-0.15, -0.1) is 0 Å². The van der Waals surface area contributed by atoms with Crippen LogP contribution in [0, 0.1) is 5.92 Å². The molecule has 0 saturated heterocycles. The zero-order chi connectivity index (χ0) is 13.7. The topological polar surface area (TPSA) is 49.3 Å². The molecule has 1 unspecified atom stereocenters. The van der Waals surface area contributed by atoms with Crippen LogP contribution in [0.1, 0.15) is 54.9 Å². The first-order valence-electron chi connectivity index (χ1n) is 7.21. The average molecular weight is 261 g/mol. The summed E-state index contributed by atoms with van der Waals surface area (Å²) in [6.45, 7) is 3.05. The Morgan fingerprint density at radius 3 is 2.53 bits per heavy atom. The van der Waals surface area contributed by atoms with Gasteiger partial charge in [0.2, 0.25) is 0 Å². The van der Waals surface area contributed by atoms with Gasteiger partial charge in [-0.3, -0.25) is 0 Å². The van der Waals surface area contributed by atoms with Crippen LogP contribution in [0.5, 0.6) is 0 Å². The van der Waals surface area contributed by atoms with Crippen molar-refractivity contribution in [3.8, 4) is 0 Å². The SMILES string of the molecule is CC(CC1CCCC1)NCc1ccc(C(=O)O)cc1. The van der Waals surface area contributed by atoms with E-state index in [9.17, 15) is 4.79 Å². The lowest BCUT2D eigenvalue weighted by molar-refractivity contribution is 0.0697. The number of nitrogens with one attached hydrogen (secondary N) is 1. The number of carboxylic acids is 1. The first kappa shape index (κ1) is 14.1. The first-order chi connectivity index (χ1) is 9.15. The van der Waals surface area contributed by atoms with E-state index in [-0.39, 0.29) is 0 Å². The molecule has 2 rings (SSSR count). The van der Waals surface area contributed by atoms with Crippen molar-refractivity contribution in [2.24, 2.45) is 5.92 Å². The van der Waals surface area contributed by atoms with Crippen LogP contribution in [-0.2, 0) is 6.54 Å². The molecule has 3 heteroatoms. The first-order valence-corrected chi connectivity index (χ1v) is 7.21. The van der Waals surface area contributed by atoms with Crippen LogP contribution < -0.4 is 5.32 Å². The lowest BCUT2D eigenvalue weighted by atomic mass is 9.99. The lowest BCUT2D eigenvalue weighted by Gasteiger charge is -2.18. The van der Waals surface area contributed by atoms with Crippen molar-refractivity contribution in [1.29, 1.82) is 0 Å². The van der Waals surface area contributed by atoms with E-state index in [1.807, 2.05) is 12.1 Å². The molecule has 3 nitrogen and oxygen atoms in total. The summed E-state index contributed by atoms with van der Waals surface area (Å²) in [6, 6.07) is 7.64. The van der Waals surface area contributed by atoms with Crippen LogP contribution >= 0.6 is 0 Å². The number of carbonyl (C=O) groups is 1. The van der Waals surface area contributed by atoms with E-state index in [2.05, 4.69) is 12.2 Å². The van der Waals surface area contributed by atoms with E-state index in [1.165, 1.54) is 32.1 Å². The number of benzene rings is 1. The predicted molar refractivity (Wildman–Crippen MR) is 76.3 cm³/mol. The highest BCUT2D eigenvalue weighted by Crippen LogP contribution is 2.28. The molecule has 1 aromatic rings. The number of aromatic carboxylic acids is 1. The molecule has 0 aromatic heterocycles. The molecule has 1 atom stereocenters. The summed E-state index contributed by atoms with van der Waals surface area (Å²) in [5.74, 6) is 0.0333. The van der Waals surface area contributed by atoms with Gasteiger partial charge in [0.1, 0.15) is 0 Å². The van der Waals surface area contributed by atoms with Crippen molar-refractivity contribution in [2.75, 3.05) is 0 Å². The van der Waals surface area contributed by atoms with Gasteiger partial charge in [0.05, 0.1) is 5.56 Å². The molecule has 1 fully saturated rings. The number of rotatable bonds is 6. The Morgan fingerprint density at radius 2 is 1.95 bits per heavy atom. The zero-order valence-electron chi connectivity index (χ0n) is 11.6. The maximum Gasteiger partial charge on any atom is 0.335 e. The minimum Gasteiger partial charge on any atom is -0.478 e. The molecule has 0 aliphatic heterocycles. The van der Waals surface area contributed by atoms with Crippen LogP contribution in [0.25, 0.3) is 0 Å². The van der Waals surface area contributed by atoms with Gasteiger partial charge in [-0.1, -0.05) is 37.8 Å². The van der Waals surface area contributed by atoms with Crippen molar-refractivity contribution in [2.45, 2.75) is 51.6 Å². The smallest absolute Gasteiger partial charge is 0.335 e. The zero-order valence-corrected chi connectivity index (χ0v) is 11.6. The van der Waals surface area contributed by atoms with E-state index in [1.54, 1.807) is 12.1 Å². The van der Waals surface area contributed by atoms with Gasteiger partial charge in [0.15, 0.2) is 0 Å². The Bertz CT molecular complexity index is 407. The maximum absolute atomic E-state index is 10.8. The second-order valence-corrected chi connectivity index (χ2v) is 5.67. The van der Waals surface area contributed by atoms with Gasteiger partial charge in [-0.2, -0.15) is 0 Å². The summed E-state index contributed by atoms with van der Waals surface area (Å²) in [7, 11) is 0. The van der Waals surface area contributed by atoms with Gasteiger partial charge < -0.3 is 10.4 Å². The second kappa shape index (κ2) is 6.71. The fourth-order valence-corrected chi connectivity index (χ4v) is 2.89. The molecule has 1 aliphatic rings. The molecular formula is C16H23NO2. The van der Waals surface area contributed by atoms with Crippen molar-refractivity contribution < 1.29 is 9.90 Å². The van der Waals surface area contributed by atoms with Crippen LogP contribution in [-0.4, -0.2) is 17.1 Å². The highest BCUT2D eigenvalue weighted by Gasteiger charge is 2.17. The Balaban J connectivity index is 1.76. The summed E-state index contributed by atoms with van der Waals surface area (Å²) in [4.78, 5) is 10.8. The van der Waals surface area contributed by atoms with Crippen LogP contribution in [0.3, 0.4) is 0 Å². The summed E-state index contributed by atoms with van der Waals surface area (Å²) in [5, 5.41) is 12.4. The Hall–Kier alpha value is -1.35. The summed E-state index contributed by atoms with van der Waals surface area (Å²) in [6.07, 6.45) is 6.83. The third kappa shape index (κ3) is 4.35. The van der Waals surface area contributed by atoms with Gasteiger partial charge in [0, 0.05) is 12.6 Å². The predicted octanol–water partition coefficient (Wildman–Crippen LogP) is 3.44. The van der Waals surface area contributed by atoms with Crippen LogP contribution in [0.15, 0.2) is 24.3 Å². The van der Waals surface area contributed by atoms with Crippen molar-refractivity contribution in [3.05, 3.63) is 35.4 Å². The van der Waals surface area contributed by atoms with E-state index in [4.69, 9.17) is 5.11 Å². The van der Waals surface area contributed by atoms with Crippen molar-refractivity contribution in [1.82, 2.24) is 5.32 Å². The molecule has 2 N–H and O–H groups in total. The minimum absolute atomic E-state index is 0.350. The summed E-state index contributed by atoms with van der Waals surface area (Å²) in [5.41, 5.74) is 1.49. The normalized spacial score (nSPS) is 17.5. The van der Waals surface area contributed by atoms with Gasteiger partial charge in [-0.25, -0.2) is 4.79 Å². The largest absolute Gasteiger partial charge is 0.478 e. The standard InChI is InChI=1S/C16H23NO2/c1-12(10-13-4-2-3-5-13)17-11-14-6-8-15(9-7-14)16(18)19/h6-9,12-13,17H,2-5,10-11H2,1H3,(H,18,19). The molecule has 1 aliphatic carbocycles. The molecule has 0 amide bonds. The van der Waals surface area contributed by atoms with E-state index >= 15 is 0 Å². The molecule has 0 heterocycles. The third-order valence-corrected chi connectivity index (χ3v) is 4.02. The fourth-order valence-electron chi connectivity index (χ4n) is 2.89.